The lowest BCUT2D eigenvalue weighted by Crippen LogP contribution is -2.18. The number of nitrogens with zero attached hydrogens (tertiary/aromatic N) is 2. The van der Waals surface area contributed by atoms with Gasteiger partial charge >= 0.3 is 0 Å². The summed E-state index contributed by atoms with van der Waals surface area (Å²) in [5, 5.41) is 3.28. The SMILES string of the molecule is COc1cc(OC)nc(NC[C@H]2CCOc3ccccc3C2)n1. The second-order valence-electron chi connectivity index (χ2n) is 5.47. The van der Waals surface area contributed by atoms with Crippen LogP contribution in [-0.4, -0.2) is 37.3 Å². The van der Waals surface area contributed by atoms with Gasteiger partial charge < -0.3 is 19.5 Å². The van der Waals surface area contributed by atoms with Crippen molar-refractivity contribution in [1.29, 1.82) is 0 Å². The molecule has 0 unspecified atom stereocenters. The van der Waals surface area contributed by atoms with Crippen LogP contribution in [0.25, 0.3) is 0 Å². The third kappa shape index (κ3) is 3.83. The van der Waals surface area contributed by atoms with Crippen LogP contribution >= 0.6 is 0 Å². The van der Waals surface area contributed by atoms with E-state index in [9.17, 15) is 0 Å². The minimum atomic E-state index is 0.458. The van der Waals surface area contributed by atoms with E-state index in [0.717, 1.165) is 31.7 Å². The summed E-state index contributed by atoms with van der Waals surface area (Å²) in [6.45, 7) is 1.50. The minimum Gasteiger partial charge on any atom is -0.493 e. The molecule has 23 heavy (non-hydrogen) atoms. The molecule has 0 aliphatic carbocycles. The zero-order valence-electron chi connectivity index (χ0n) is 13.4. The summed E-state index contributed by atoms with van der Waals surface area (Å²) in [5.74, 6) is 2.93. The van der Waals surface area contributed by atoms with Gasteiger partial charge in [0.15, 0.2) is 0 Å². The number of fused-ring (bicyclic) bond motifs is 1. The van der Waals surface area contributed by atoms with E-state index in [1.165, 1.54) is 5.56 Å². The van der Waals surface area contributed by atoms with E-state index >= 15 is 0 Å². The van der Waals surface area contributed by atoms with Gasteiger partial charge in [0.05, 0.1) is 26.9 Å². The average Bonchev–Trinajstić information content (AvgIpc) is 2.81. The standard InChI is InChI=1S/C17H21N3O3/c1-21-15-10-16(22-2)20-17(19-15)18-11-12-7-8-23-14-6-4-3-5-13(14)9-12/h3-6,10,12H,7-9,11H2,1-2H3,(H,18,19,20)/t12-/m0/s1. The van der Waals surface area contributed by atoms with Crippen LogP contribution in [0.5, 0.6) is 17.5 Å². The van der Waals surface area contributed by atoms with Crippen molar-refractivity contribution in [1.82, 2.24) is 9.97 Å². The van der Waals surface area contributed by atoms with Crippen molar-refractivity contribution < 1.29 is 14.2 Å². The van der Waals surface area contributed by atoms with E-state index in [2.05, 4.69) is 21.4 Å². The number of nitrogens with one attached hydrogen (secondary N) is 1. The van der Waals surface area contributed by atoms with E-state index in [1.54, 1.807) is 20.3 Å². The molecule has 122 valence electrons. The lowest BCUT2D eigenvalue weighted by atomic mass is 9.97. The Labute approximate surface area is 135 Å². The molecular formula is C17H21N3O3. The lowest BCUT2D eigenvalue weighted by molar-refractivity contribution is 0.298. The molecule has 1 aromatic carbocycles. The van der Waals surface area contributed by atoms with Gasteiger partial charge in [-0.3, -0.25) is 0 Å². The van der Waals surface area contributed by atoms with Crippen LogP contribution in [0.15, 0.2) is 30.3 Å². The molecule has 0 bridgehead atoms. The van der Waals surface area contributed by atoms with Crippen molar-refractivity contribution in [2.45, 2.75) is 12.8 Å². The molecule has 1 aliphatic rings. The quantitative estimate of drug-likeness (QED) is 0.915. The van der Waals surface area contributed by atoms with Gasteiger partial charge in [-0.2, -0.15) is 9.97 Å². The maximum atomic E-state index is 5.80. The number of ether oxygens (including phenoxy) is 3. The Bertz CT molecular complexity index is 641. The molecule has 1 N–H and O–H groups in total. The lowest BCUT2D eigenvalue weighted by Gasteiger charge is -2.15. The van der Waals surface area contributed by atoms with Gasteiger partial charge in [-0.25, -0.2) is 0 Å². The summed E-state index contributed by atoms with van der Waals surface area (Å²) in [6.07, 6.45) is 1.97. The Morgan fingerprint density at radius 2 is 1.91 bits per heavy atom. The largest absolute Gasteiger partial charge is 0.493 e. The third-order valence-electron chi connectivity index (χ3n) is 3.91. The fraction of sp³-hybridized carbons (Fsp3) is 0.412. The predicted octanol–water partition coefficient (Wildman–Crippen LogP) is 2.55. The van der Waals surface area contributed by atoms with Crippen molar-refractivity contribution in [2.24, 2.45) is 5.92 Å². The summed E-state index contributed by atoms with van der Waals surface area (Å²) >= 11 is 0. The molecule has 6 nitrogen and oxygen atoms in total. The first-order chi connectivity index (χ1) is 11.3. The van der Waals surface area contributed by atoms with Gasteiger partial charge in [-0.05, 0) is 30.4 Å². The van der Waals surface area contributed by atoms with Crippen molar-refractivity contribution in [2.75, 3.05) is 32.7 Å². The molecule has 3 rings (SSSR count). The number of para-hydroxylation sites is 1. The van der Waals surface area contributed by atoms with E-state index in [-0.39, 0.29) is 0 Å². The summed E-state index contributed by atoms with van der Waals surface area (Å²) in [6, 6.07) is 9.86. The molecule has 0 amide bonds. The maximum Gasteiger partial charge on any atom is 0.229 e. The van der Waals surface area contributed by atoms with Crippen molar-refractivity contribution in [3.05, 3.63) is 35.9 Å². The van der Waals surface area contributed by atoms with Crippen molar-refractivity contribution in [3.8, 4) is 17.5 Å². The Morgan fingerprint density at radius 1 is 1.17 bits per heavy atom. The molecule has 1 aliphatic heterocycles. The highest BCUT2D eigenvalue weighted by Crippen LogP contribution is 2.27. The van der Waals surface area contributed by atoms with E-state index < -0.39 is 0 Å². The first-order valence-corrected chi connectivity index (χ1v) is 7.70. The van der Waals surface area contributed by atoms with Crippen LogP contribution < -0.4 is 19.5 Å². The first-order valence-electron chi connectivity index (χ1n) is 7.70. The van der Waals surface area contributed by atoms with Gasteiger partial charge in [-0.15, -0.1) is 0 Å². The van der Waals surface area contributed by atoms with Gasteiger partial charge in [-0.1, -0.05) is 18.2 Å². The molecule has 2 heterocycles. The molecule has 0 spiro atoms. The average molecular weight is 315 g/mol. The van der Waals surface area contributed by atoms with Gasteiger partial charge in [0, 0.05) is 6.54 Å². The Kier molecular flexibility index (Phi) is 4.80. The van der Waals surface area contributed by atoms with Crippen LogP contribution in [0, 0.1) is 5.92 Å². The fourth-order valence-electron chi connectivity index (χ4n) is 2.66. The number of aromatic nitrogens is 2. The normalized spacial score (nSPS) is 16.7. The van der Waals surface area contributed by atoms with E-state index in [1.807, 2.05) is 18.2 Å². The molecule has 0 fully saturated rings. The second kappa shape index (κ2) is 7.17. The van der Waals surface area contributed by atoms with Crippen LogP contribution in [0.4, 0.5) is 5.95 Å². The highest BCUT2D eigenvalue weighted by atomic mass is 16.5. The van der Waals surface area contributed by atoms with Crippen molar-refractivity contribution >= 4 is 5.95 Å². The molecule has 0 saturated carbocycles. The molecule has 6 heteroatoms. The third-order valence-corrected chi connectivity index (χ3v) is 3.91. The molecule has 2 aromatic rings. The zero-order chi connectivity index (χ0) is 16.1. The molecule has 1 atom stereocenters. The summed E-state index contributed by atoms with van der Waals surface area (Å²) in [7, 11) is 3.15. The van der Waals surface area contributed by atoms with E-state index in [4.69, 9.17) is 14.2 Å². The van der Waals surface area contributed by atoms with Gasteiger partial charge in [0.1, 0.15) is 5.75 Å². The minimum absolute atomic E-state index is 0.458. The number of benzene rings is 1. The zero-order valence-corrected chi connectivity index (χ0v) is 13.4. The highest BCUT2D eigenvalue weighted by Gasteiger charge is 2.17. The topological polar surface area (TPSA) is 65.5 Å². The Morgan fingerprint density at radius 3 is 2.65 bits per heavy atom. The second-order valence-corrected chi connectivity index (χ2v) is 5.47. The number of rotatable bonds is 5. The van der Waals surface area contributed by atoms with Crippen molar-refractivity contribution in [3.63, 3.8) is 0 Å². The number of anilines is 1. The first kappa shape index (κ1) is 15.4. The molecular weight excluding hydrogens is 294 g/mol. The molecule has 0 radical (unpaired) electrons. The Hall–Kier alpha value is -2.50. The number of hydrogen-bond donors (Lipinski definition) is 1. The summed E-state index contributed by atoms with van der Waals surface area (Å²) in [5.41, 5.74) is 1.25. The number of methoxy groups -OCH3 is 2. The summed E-state index contributed by atoms with van der Waals surface area (Å²) < 4.78 is 16.1. The number of hydrogen-bond acceptors (Lipinski definition) is 6. The fourth-order valence-corrected chi connectivity index (χ4v) is 2.66. The highest BCUT2D eigenvalue weighted by molar-refractivity contribution is 5.36. The van der Waals surface area contributed by atoms with Crippen LogP contribution in [0.2, 0.25) is 0 Å². The Balaban J connectivity index is 1.66. The smallest absolute Gasteiger partial charge is 0.229 e. The van der Waals surface area contributed by atoms with Gasteiger partial charge in [0.25, 0.3) is 0 Å². The van der Waals surface area contributed by atoms with E-state index in [0.29, 0.717) is 23.6 Å². The predicted molar refractivity (Wildman–Crippen MR) is 87.4 cm³/mol. The molecule has 0 saturated heterocycles. The summed E-state index contributed by atoms with van der Waals surface area (Å²) in [4.78, 5) is 8.59. The molecule has 1 aromatic heterocycles. The maximum absolute atomic E-state index is 5.80. The van der Waals surface area contributed by atoms with Crippen LogP contribution in [0.1, 0.15) is 12.0 Å². The van der Waals surface area contributed by atoms with Gasteiger partial charge in [0.2, 0.25) is 17.7 Å². The van der Waals surface area contributed by atoms with Crippen LogP contribution in [0.3, 0.4) is 0 Å². The monoisotopic (exact) mass is 315 g/mol. The van der Waals surface area contributed by atoms with Crippen LogP contribution in [-0.2, 0) is 6.42 Å².